The summed E-state index contributed by atoms with van der Waals surface area (Å²) in [5.41, 5.74) is 8.81. The number of anilines is 1. The summed E-state index contributed by atoms with van der Waals surface area (Å²) < 4.78 is 6.92. The van der Waals surface area contributed by atoms with Crippen LogP contribution in [-0.2, 0) is 7.05 Å². The Morgan fingerprint density at radius 1 is 1.64 bits per heavy atom. The Bertz CT molecular complexity index is 399. The first kappa shape index (κ1) is 6.27. The molecule has 0 aromatic carbocycles. The van der Waals surface area contributed by atoms with Crippen molar-refractivity contribution < 1.29 is 4.42 Å². The molecule has 2 N–H and O–H groups in total. The fraction of sp³-hybridized carbons (Fsp3) is 0.286. The highest BCUT2D eigenvalue weighted by atomic mass is 16.3. The van der Waals surface area contributed by atoms with E-state index in [1.54, 1.807) is 10.9 Å². The molecular weight excluding hydrogens is 142 g/mol. The highest BCUT2D eigenvalue weighted by Gasteiger charge is 2.10. The van der Waals surface area contributed by atoms with E-state index in [1.165, 1.54) is 0 Å². The maximum atomic E-state index is 5.64. The van der Waals surface area contributed by atoms with Crippen molar-refractivity contribution in [2.45, 2.75) is 6.92 Å². The molecule has 0 saturated carbocycles. The number of hydrogen-bond acceptors (Lipinski definition) is 3. The highest BCUT2D eigenvalue weighted by molar-refractivity contribution is 5.87. The summed E-state index contributed by atoms with van der Waals surface area (Å²) >= 11 is 0. The van der Waals surface area contributed by atoms with E-state index >= 15 is 0 Å². The first-order chi connectivity index (χ1) is 5.20. The van der Waals surface area contributed by atoms with Gasteiger partial charge in [-0.3, -0.25) is 4.68 Å². The van der Waals surface area contributed by atoms with Gasteiger partial charge in [-0.1, -0.05) is 0 Å². The molecule has 0 aliphatic carbocycles. The van der Waals surface area contributed by atoms with Gasteiger partial charge in [-0.15, -0.1) is 0 Å². The number of aryl methyl sites for hydroxylation is 2. The summed E-state index contributed by atoms with van der Waals surface area (Å²) in [5, 5.41) is 4.15. The van der Waals surface area contributed by atoms with Gasteiger partial charge in [0.25, 0.3) is 0 Å². The fourth-order valence-corrected chi connectivity index (χ4v) is 1.28. The van der Waals surface area contributed by atoms with E-state index in [9.17, 15) is 0 Å². The third kappa shape index (κ3) is 0.661. The number of aromatic nitrogens is 2. The van der Waals surface area contributed by atoms with E-state index in [0.717, 1.165) is 16.8 Å². The number of fused-ring (bicyclic) bond motifs is 1. The van der Waals surface area contributed by atoms with Crippen LogP contribution in [0.25, 0.3) is 11.1 Å². The van der Waals surface area contributed by atoms with Crippen molar-refractivity contribution in [2.75, 3.05) is 5.73 Å². The molecule has 0 spiro atoms. The van der Waals surface area contributed by atoms with Gasteiger partial charge < -0.3 is 10.2 Å². The third-order valence-corrected chi connectivity index (χ3v) is 1.74. The summed E-state index contributed by atoms with van der Waals surface area (Å²) in [5.74, 6) is 0. The number of hydrogen-bond donors (Lipinski definition) is 1. The standard InChI is InChI=1S/C7H9N3O/c1-4-7-6(10(2)9-4)5(8)3-11-7/h3H,8H2,1-2H3. The van der Waals surface area contributed by atoms with Gasteiger partial charge in [-0.25, -0.2) is 0 Å². The van der Waals surface area contributed by atoms with Gasteiger partial charge in [0, 0.05) is 7.05 Å². The molecule has 0 aliphatic heterocycles. The van der Waals surface area contributed by atoms with Crippen LogP contribution in [0.15, 0.2) is 10.7 Å². The first-order valence-electron chi connectivity index (χ1n) is 3.36. The van der Waals surface area contributed by atoms with E-state index in [4.69, 9.17) is 10.2 Å². The minimum absolute atomic E-state index is 0.642. The van der Waals surface area contributed by atoms with Crippen molar-refractivity contribution in [1.82, 2.24) is 9.78 Å². The highest BCUT2D eigenvalue weighted by Crippen LogP contribution is 2.24. The van der Waals surface area contributed by atoms with E-state index < -0.39 is 0 Å². The minimum atomic E-state index is 0.642. The van der Waals surface area contributed by atoms with E-state index in [2.05, 4.69) is 5.10 Å². The summed E-state index contributed by atoms with van der Waals surface area (Å²) in [6.07, 6.45) is 1.54. The predicted octanol–water partition coefficient (Wildman–Crippen LogP) is 1.06. The molecule has 0 saturated heterocycles. The zero-order valence-electron chi connectivity index (χ0n) is 6.46. The molecule has 2 rings (SSSR count). The summed E-state index contributed by atoms with van der Waals surface area (Å²) in [6.45, 7) is 1.89. The van der Waals surface area contributed by atoms with Crippen LogP contribution in [0.2, 0.25) is 0 Å². The average molecular weight is 151 g/mol. The number of furan rings is 1. The van der Waals surface area contributed by atoms with Crippen LogP contribution < -0.4 is 5.73 Å². The molecule has 0 fully saturated rings. The Hall–Kier alpha value is -1.45. The molecule has 0 unspecified atom stereocenters. The molecule has 4 heteroatoms. The van der Waals surface area contributed by atoms with Crippen LogP contribution in [0.5, 0.6) is 0 Å². The Labute approximate surface area is 63.6 Å². The molecule has 0 aliphatic rings. The Balaban J connectivity index is 2.98. The van der Waals surface area contributed by atoms with Gasteiger partial charge in [0.05, 0.1) is 5.69 Å². The van der Waals surface area contributed by atoms with E-state index in [0.29, 0.717) is 5.69 Å². The molecule has 2 aromatic rings. The van der Waals surface area contributed by atoms with Crippen LogP contribution in [0.4, 0.5) is 5.69 Å². The van der Waals surface area contributed by atoms with Crippen LogP contribution in [0.1, 0.15) is 5.69 Å². The predicted molar refractivity (Wildman–Crippen MR) is 42.1 cm³/mol. The van der Waals surface area contributed by atoms with Crippen molar-refractivity contribution in [3.63, 3.8) is 0 Å². The summed E-state index contributed by atoms with van der Waals surface area (Å²) in [7, 11) is 1.85. The quantitative estimate of drug-likeness (QED) is 0.612. The Morgan fingerprint density at radius 2 is 2.36 bits per heavy atom. The number of nitrogens with two attached hydrogens (primary N) is 1. The van der Waals surface area contributed by atoms with E-state index in [-0.39, 0.29) is 0 Å². The van der Waals surface area contributed by atoms with Crippen LogP contribution >= 0.6 is 0 Å². The zero-order chi connectivity index (χ0) is 8.01. The molecule has 0 atom stereocenters. The van der Waals surface area contributed by atoms with Crippen molar-refractivity contribution in [3.05, 3.63) is 12.0 Å². The third-order valence-electron chi connectivity index (χ3n) is 1.74. The Kier molecular flexibility index (Phi) is 1.01. The molecule has 2 aromatic heterocycles. The van der Waals surface area contributed by atoms with Crippen molar-refractivity contribution in [3.8, 4) is 0 Å². The second kappa shape index (κ2) is 1.78. The number of rotatable bonds is 0. The molecule has 11 heavy (non-hydrogen) atoms. The van der Waals surface area contributed by atoms with Gasteiger partial charge >= 0.3 is 0 Å². The molecule has 58 valence electrons. The maximum absolute atomic E-state index is 5.64. The van der Waals surface area contributed by atoms with E-state index in [1.807, 2.05) is 14.0 Å². The van der Waals surface area contributed by atoms with Gasteiger partial charge in [0.15, 0.2) is 5.58 Å². The van der Waals surface area contributed by atoms with Crippen molar-refractivity contribution >= 4 is 16.8 Å². The van der Waals surface area contributed by atoms with Gasteiger partial charge in [-0.2, -0.15) is 5.10 Å². The Morgan fingerprint density at radius 3 is 3.00 bits per heavy atom. The maximum Gasteiger partial charge on any atom is 0.176 e. The van der Waals surface area contributed by atoms with Crippen LogP contribution in [-0.4, -0.2) is 9.78 Å². The minimum Gasteiger partial charge on any atom is -0.458 e. The SMILES string of the molecule is Cc1nn(C)c2c(N)coc12. The smallest absolute Gasteiger partial charge is 0.176 e. The lowest BCUT2D eigenvalue weighted by atomic mass is 10.4. The monoisotopic (exact) mass is 151 g/mol. The van der Waals surface area contributed by atoms with Crippen LogP contribution in [0, 0.1) is 6.92 Å². The topological polar surface area (TPSA) is 57.0 Å². The number of nitrogen functional groups attached to an aromatic ring is 1. The second-order valence-corrected chi connectivity index (χ2v) is 2.58. The van der Waals surface area contributed by atoms with Crippen molar-refractivity contribution in [1.29, 1.82) is 0 Å². The number of nitrogens with zero attached hydrogens (tertiary/aromatic N) is 2. The molecule has 0 bridgehead atoms. The largest absolute Gasteiger partial charge is 0.458 e. The molecule has 0 amide bonds. The molecule has 4 nitrogen and oxygen atoms in total. The van der Waals surface area contributed by atoms with Crippen LogP contribution in [0.3, 0.4) is 0 Å². The zero-order valence-corrected chi connectivity index (χ0v) is 6.46. The lowest BCUT2D eigenvalue weighted by Gasteiger charge is -1.88. The molecule has 0 radical (unpaired) electrons. The lowest BCUT2D eigenvalue weighted by Crippen LogP contribution is -1.92. The normalized spacial score (nSPS) is 11.1. The lowest BCUT2D eigenvalue weighted by molar-refractivity contribution is 0.613. The summed E-state index contributed by atoms with van der Waals surface area (Å²) in [6, 6.07) is 0. The molecule has 2 heterocycles. The summed E-state index contributed by atoms with van der Waals surface area (Å²) in [4.78, 5) is 0. The average Bonchev–Trinajstić information content (AvgIpc) is 2.41. The fourth-order valence-electron chi connectivity index (χ4n) is 1.28. The van der Waals surface area contributed by atoms with Gasteiger partial charge in [-0.05, 0) is 6.92 Å². The second-order valence-electron chi connectivity index (χ2n) is 2.58. The molecular formula is C7H9N3O. The first-order valence-corrected chi connectivity index (χ1v) is 3.36. The van der Waals surface area contributed by atoms with Gasteiger partial charge in [0.1, 0.15) is 17.5 Å². The van der Waals surface area contributed by atoms with Gasteiger partial charge in [0.2, 0.25) is 0 Å². The van der Waals surface area contributed by atoms with Crippen molar-refractivity contribution in [2.24, 2.45) is 7.05 Å².